The number of aliphatic imine (C=N–C) groups is 1. The molecule has 0 N–H and O–H groups in total. The zero-order valence-electron chi connectivity index (χ0n) is 13.1. The lowest BCUT2D eigenvalue weighted by atomic mass is 10.1. The smallest absolute Gasteiger partial charge is 0.243 e. The van der Waals surface area contributed by atoms with E-state index in [1.54, 1.807) is 34.8 Å². The van der Waals surface area contributed by atoms with Gasteiger partial charge in [-0.2, -0.15) is 4.31 Å². The third-order valence-corrected chi connectivity index (χ3v) is 5.99. The quantitative estimate of drug-likeness (QED) is 0.806. The molecule has 4 nitrogen and oxygen atoms in total. The molecule has 0 bridgehead atoms. The molecule has 2 aromatic carbocycles. The highest BCUT2D eigenvalue weighted by Gasteiger charge is 2.26. The Morgan fingerprint density at radius 1 is 1.00 bits per heavy atom. The molecule has 0 radical (unpaired) electrons. The van der Waals surface area contributed by atoms with E-state index in [-0.39, 0.29) is 0 Å². The number of benzene rings is 2. The molecule has 1 heterocycles. The molecular weight excluding hydrogens is 308 g/mol. The van der Waals surface area contributed by atoms with Gasteiger partial charge in [-0.3, -0.25) is 4.99 Å². The molecule has 1 saturated heterocycles. The van der Waals surface area contributed by atoms with Crippen molar-refractivity contribution in [1.82, 2.24) is 4.31 Å². The van der Waals surface area contributed by atoms with Crippen LogP contribution in [0.15, 0.2) is 58.4 Å². The molecule has 120 valence electrons. The van der Waals surface area contributed by atoms with Crippen LogP contribution in [-0.2, 0) is 10.0 Å². The third-order valence-electron chi connectivity index (χ3n) is 4.08. The Hall–Kier alpha value is -1.98. The van der Waals surface area contributed by atoms with Crippen LogP contribution < -0.4 is 0 Å². The van der Waals surface area contributed by atoms with Gasteiger partial charge in [0.25, 0.3) is 0 Å². The maximum Gasteiger partial charge on any atom is 0.243 e. The third kappa shape index (κ3) is 3.51. The van der Waals surface area contributed by atoms with Gasteiger partial charge in [0, 0.05) is 19.3 Å². The van der Waals surface area contributed by atoms with Gasteiger partial charge in [-0.1, -0.05) is 24.3 Å². The van der Waals surface area contributed by atoms with Gasteiger partial charge < -0.3 is 0 Å². The Kier molecular flexibility index (Phi) is 4.59. The van der Waals surface area contributed by atoms with E-state index in [0.717, 1.165) is 29.7 Å². The van der Waals surface area contributed by atoms with Crippen LogP contribution in [0.2, 0.25) is 0 Å². The lowest BCUT2D eigenvalue weighted by molar-refractivity contribution is 0.477. The van der Waals surface area contributed by atoms with Crippen molar-refractivity contribution >= 4 is 21.9 Å². The summed E-state index contributed by atoms with van der Waals surface area (Å²) < 4.78 is 26.5. The van der Waals surface area contributed by atoms with E-state index in [4.69, 9.17) is 0 Å². The van der Waals surface area contributed by atoms with Crippen LogP contribution in [0.5, 0.6) is 0 Å². The van der Waals surface area contributed by atoms with Crippen LogP contribution in [0.4, 0.5) is 5.69 Å². The summed E-state index contributed by atoms with van der Waals surface area (Å²) in [5, 5.41) is 0. The molecule has 1 fully saturated rings. The average Bonchev–Trinajstić information content (AvgIpc) is 3.10. The van der Waals surface area contributed by atoms with Crippen molar-refractivity contribution in [3.8, 4) is 0 Å². The molecule has 3 rings (SSSR count). The van der Waals surface area contributed by atoms with Crippen molar-refractivity contribution < 1.29 is 8.42 Å². The molecule has 0 atom stereocenters. The first-order valence-corrected chi connectivity index (χ1v) is 9.21. The fraction of sp³-hybridized carbons (Fsp3) is 0.278. The summed E-state index contributed by atoms with van der Waals surface area (Å²) in [4.78, 5) is 4.77. The van der Waals surface area contributed by atoms with E-state index in [2.05, 4.69) is 4.99 Å². The Morgan fingerprint density at radius 3 is 2.30 bits per heavy atom. The second-order valence-electron chi connectivity index (χ2n) is 5.72. The molecule has 0 spiro atoms. The zero-order valence-corrected chi connectivity index (χ0v) is 14.0. The molecule has 0 aliphatic carbocycles. The van der Waals surface area contributed by atoms with Gasteiger partial charge in [0.1, 0.15) is 0 Å². The minimum absolute atomic E-state index is 0.342. The number of hydrogen-bond donors (Lipinski definition) is 0. The molecule has 0 amide bonds. The van der Waals surface area contributed by atoms with Gasteiger partial charge in [-0.15, -0.1) is 0 Å². The first kappa shape index (κ1) is 15.9. The molecule has 5 heteroatoms. The first-order chi connectivity index (χ1) is 11.1. The van der Waals surface area contributed by atoms with Gasteiger partial charge in [0.15, 0.2) is 0 Å². The summed E-state index contributed by atoms with van der Waals surface area (Å²) in [5.41, 5.74) is 2.96. The van der Waals surface area contributed by atoms with Crippen molar-refractivity contribution in [2.24, 2.45) is 4.99 Å². The van der Waals surface area contributed by atoms with Crippen molar-refractivity contribution in [2.45, 2.75) is 24.7 Å². The molecule has 0 aromatic heterocycles. The summed E-state index contributed by atoms with van der Waals surface area (Å²) in [5.74, 6) is 0. The van der Waals surface area contributed by atoms with Crippen LogP contribution in [0, 0.1) is 6.92 Å². The normalized spacial score (nSPS) is 16.2. The predicted octanol–water partition coefficient (Wildman–Crippen LogP) is 3.53. The standard InChI is InChI=1S/C18H20N2O2S/c1-15-6-2-3-7-16(15)14-19-17-8-10-18(11-9-17)23(21,22)20-12-4-5-13-20/h2-3,6-11,14H,4-5,12-13H2,1H3. The molecule has 0 saturated carbocycles. The Bertz CT molecular complexity index is 805. The maximum absolute atomic E-state index is 12.5. The van der Waals surface area contributed by atoms with Gasteiger partial charge in [-0.05, 0) is 55.2 Å². The monoisotopic (exact) mass is 328 g/mol. The van der Waals surface area contributed by atoms with Crippen LogP contribution in [0.25, 0.3) is 0 Å². The Labute approximate surface area is 137 Å². The van der Waals surface area contributed by atoms with E-state index in [0.29, 0.717) is 18.0 Å². The van der Waals surface area contributed by atoms with Crippen LogP contribution in [0.3, 0.4) is 0 Å². The van der Waals surface area contributed by atoms with Crippen molar-refractivity contribution in [3.63, 3.8) is 0 Å². The topological polar surface area (TPSA) is 49.7 Å². The van der Waals surface area contributed by atoms with Crippen LogP contribution in [0.1, 0.15) is 24.0 Å². The summed E-state index contributed by atoms with van der Waals surface area (Å²) in [6.45, 7) is 3.28. The molecule has 1 aliphatic heterocycles. The van der Waals surface area contributed by atoms with Crippen LogP contribution >= 0.6 is 0 Å². The van der Waals surface area contributed by atoms with E-state index < -0.39 is 10.0 Å². The number of rotatable bonds is 4. The summed E-state index contributed by atoms with van der Waals surface area (Å²) in [6, 6.07) is 14.8. The first-order valence-electron chi connectivity index (χ1n) is 7.77. The fourth-order valence-electron chi connectivity index (χ4n) is 2.66. The molecule has 0 unspecified atom stereocenters. The minimum atomic E-state index is -3.35. The lowest BCUT2D eigenvalue weighted by Crippen LogP contribution is -2.27. The highest BCUT2D eigenvalue weighted by atomic mass is 32.2. The van der Waals surface area contributed by atoms with E-state index in [9.17, 15) is 8.42 Å². The minimum Gasteiger partial charge on any atom is -0.256 e. The SMILES string of the molecule is Cc1ccccc1C=Nc1ccc(S(=O)(=O)N2CCCC2)cc1. The summed E-state index contributed by atoms with van der Waals surface area (Å²) in [6.07, 6.45) is 3.69. The van der Waals surface area contributed by atoms with Gasteiger partial charge in [0.05, 0.1) is 10.6 Å². The van der Waals surface area contributed by atoms with Crippen molar-refractivity contribution in [3.05, 3.63) is 59.7 Å². The number of aryl methyl sites for hydroxylation is 1. The zero-order chi connectivity index (χ0) is 16.3. The highest BCUT2D eigenvalue weighted by molar-refractivity contribution is 7.89. The Morgan fingerprint density at radius 2 is 1.65 bits per heavy atom. The van der Waals surface area contributed by atoms with E-state index in [1.165, 1.54) is 0 Å². The van der Waals surface area contributed by atoms with Gasteiger partial charge in [-0.25, -0.2) is 8.42 Å². The summed E-state index contributed by atoms with van der Waals surface area (Å²) in [7, 11) is -3.35. The summed E-state index contributed by atoms with van der Waals surface area (Å²) >= 11 is 0. The van der Waals surface area contributed by atoms with Crippen LogP contribution in [-0.4, -0.2) is 32.0 Å². The van der Waals surface area contributed by atoms with Gasteiger partial charge >= 0.3 is 0 Å². The fourth-order valence-corrected chi connectivity index (χ4v) is 4.17. The number of sulfonamides is 1. The molecule has 23 heavy (non-hydrogen) atoms. The average molecular weight is 328 g/mol. The maximum atomic E-state index is 12.5. The second-order valence-corrected chi connectivity index (χ2v) is 7.66. The molecule has 2 aromatic rings. The molecule has 1 aliphatic rings. The van der Waals surface area contributed by atoms with Crippen molar-refractivity contribution in [1.29, 1.82) is 0 Å². The highest BCUT2D eigenvalue weighted by Crippen LogP contribution is 2.23. The number of hydrogen-bond acceptors (Lipinski definition) is 3. The largest absolute Gasteiger partial charge is 0.256 e. The lowest BCUT2D eigenvalue weighted by Gasteiger charge is -2.15. The van der Waals surface area contributed by atoms with E-state index >= 15 is 0 Å². The second kappa shape index (κ2) is 6.64. The van der Waals surface area contributed by atoms with E-state index in [1.807, 2.05) is 31.2 Å². The molecular formula is C18H20N2O2S. The Balaban J connectivity index is 1.78. The number of nitrogens with zero attached hydrogens (tertiary/aromatic N) is 2. The van der Waals surface area contributed by atoms with Crippen molar-refractivity contribution in [2.75, 3.05) is 13.1 Å². The van der Waals surface area contributed by atoms with Gasteiger partial charge in [0.2, 0.25) is 10.0 Å². The predicted molar refractivity (Wildman–Crippen MR) is 92.9 cm³/mol.